The fourth-order valence-electron chi connectivity index (χ4n) is 2.25. The van der Waals surface area contributed by atoms with Crippen molar-refractivity contribution in [2.75, 3.05) is 20.1 Å². The van der Waals surface area contributed by atoms with E-state index in [4.69, 9.17) is 0 Å². The second-order valence-corrected chi connectivity index (χ2v) is 6.54. The molecule has 1 aromatic carbocycles. The van der Waals surface area contributed by atoms with Gasteiger partial charge in [0.2, 0.25) is 10.0 Å². The molecular weight excluding hydrogens is 293 g/mol. The maximum absolute atomic E-state index is 12.9. The topological polar surface area (TPSA) is 49.4 Å². The van der Waals surface area contributed by atoms with Crippen molar-refractivity contribution in [2.45, 2.75) is 23.5 Å². The number of rotatable bonds is 3. The van der Waals surface area contributed by atoms with E-state index in [-0.39, 0.29) is 19.1 Å². The van der Waals surface area contributed by atoms with Crippen molar-refractivity contribution < 1.29 is 21.6 Å². The van der Waals surface area contributed by atoms with Gasteiger partial charge in [0.05, 0.1) is 10.5 Å². The van der Waals surface area contributed by atoms with Crippen LogP contribution < -0.4 is 5.32 Å². The first-order chi connectivity index (χ1) is 9.26. The summed E-state index contributed by atoms with van der Waals surface area (Å²) in [7, 11) is -2.42. The average molecular weight is 308 g/mol. The smallest absolute Gasteiger partial charge is 0.316 e. The molecule has 0 aromatic heterocycles. The summed E-state index contributed by atoms with van der Waals surface area (Å²) in [6, 6.07) is 4.25. The summed E-state index contributed by atoms with van der Waals surface area (Å²) in [5.74, 6) is 0. The molecule has 112 valence electrons. The molecule has 1 aromatic rings. The summed E-state index contributed by atoms with van der Waals surface area (Å²) in [6.45, 7) is 0.408. The van der Waals surface area contributed by atoms with Crippen LogP contribution in [0.1, 0.15) is 12.0 Å². The summed E-state index contributed by atoms with van der Waals surface area (Å²) in [5.41, 5.74) is -1.12. The highest BCUT2D eigenvalue weighted by Gasteiger charge is 2.40. The Hall–Kier alpha value is -1.12. The van der Waals surface area contributed by atoms with E-state index in [0.717, 1.165) is 16.4 Å². The van der Waals surface area contributed by atoms with Crippen molar-refractivity contribution in [2.24, 2.45) is 0 Å². The van der Waals surface area contributed by atoms with Crippen molar-refractivity contribution in [3.05, 3.63) is 29.8 Å². The Labute approximate surface area is 115 Å². The molecule has 0 radical (unpaired) electrons. The van der Waals surface area contributed by atoms with Gasteiger partial charge in [0.15, 0.2) is 0 Å². The van der Waals surface area contributed by atoms with E-state index in [1.165, 1.54) is 12.1 Å². The molecular formula is C12H15F3N2O2S. The second-order valence-electron chi connectivity index (χ2n) is 4.63. The summed E-state index contributed by atoms with van der Waals surface area (Å²) >= 11 is 0. The van der Waals surface area contributed by atoms with Gasteiger partial charge in [-0.05, 0) is 25.6 Å². The van der Waals surface area contributed by atoms with Crippen molar-refractivity contribution >= 4 is 10.0 Å². The number of alkyl halides is 3. The molecule has 0 spiro atoms. The second kappa shape index (κ2) is 5.34. The Balaban J connectivity index is 2.41. The van der Waals surface area contributed by atoms with Gasteiger partial charge >= 0.3 is 6.18 Å². The summed E-state index contributed by atoms with van der Waals surface area (Å²) in [6.07, 6.45) is -4.10. The van der Waals surface area contributed by atoms with E-state index in [1.54, 1.807) is 7.05 Å². The van der Waals surface area contributed by atoms with Gasteiger partial charge in [0.25, 0.3) is 0 Å². The zero-order valence-corrected chi connectivity index (χ0v) is 11.6. The fourth-order valence-corrected chi connectivity index (χ4v) is 3.96. The fraction of sp³-hybridized carbons (Fsp3) is 0.500. The summed E-state index contributed by atoms with van der Waals surface area (Å²) in [4.78, 5) is -0.677. The highest BCUT2D eigenvalue weighted by molar-refractivity contribution is 7.89. The molecule has 1 fully saturated rings. The zero-order valence-electron chi connectivity index (χ0n) is 10.8. The minimum absolute atomic E-state index is 0.0252. The number of hydrogen-bond acceptors (Lipinski definition) is 3. The lowest BCUT2D eigenvalue weighted by Crippen LogP contribution is -2.34. The molecule has 0 aliphatic carbocycles. The van der Waals surface area contributed by atoms with Crippen molar-refractivity contribution in [1.82, 2.24) is 9.62 Å². The molecule has 4 nitrogen and oxygen atoms in total. The lowest BCUT2D eigenvalue weighted by atomic mass is 10.2. The number of likely N-dealkylation sites (N-methyl/N-ethyl adjacent to an activating group) is 1. The SMILES string of the molecule is CNC1CCN(S(=O)(=O)c2ccccc2C(F)(F)F)C1. The molecule has 1 atom stereocenters. The van der Waals surface area contributed by atoms with E-state index >= 15 is 0 Å². The van der Waals surface area contributed by atoms with Gasteiger partial charge < -0.3 is 5.32 Å². The van der Waals surface area contributed by atoms with Crippen LogP contribution in [0.2, 0.25) is 0 Å². The average Bonchev–Trinajstić information content (AvgIpc) is 2.87. The van der Waals surface area contributed by atoms with Crippen LogP contribution in [0.4, 0.5) is 13.2 Å². The largest absolute Gasteiger partial charge is 0.417 e. The van der Waals surface area contributed by atoms with E-state index in [9.17, 15) is 21.6 Å². The third-order valence-corrected chi connectivity index (χ3v) is 5.29. The highest BCUT2D eigenvalue weighted by atomic mass is 32.2. The van der Waals surface area contributed by atoms with Crippen molar-refractivity contribution in [1.29, 1.82) is 0 Å². The molecule has 1 unspecified atom stereocenters. The molecule has 20 heavy (non-hydrogen) atoms. The van der Waals surface area contributed by atoms with Gasteiger partial charge in [-0.15, -0.1) is 0 Å². The molecule has 1 aliphatic heterocycles. The summed E-state index contributed by atoms with van der Waals surface area (Å²) in [5, 5.41) is 2.93. The third kappa shape index (κ3) is 2.82. The van der Waals surface area contributed by atoms with E-state index in [0.29, 0.717) is 6.42 Å². The van der Waals surface area contributed by atoms with Gasteiger partial charge in [-0.1, -0.05) is 12.1 Å². The van der Waals surface area contributed by atoms with Crippen LogP contribution in [0, 0.1) is 0 Å². The van der Waals surface area contributed by atoms with E-state index in [2.05, 4.69) is 5.32 Å². The molecule has 1 saturated heterocycles. The molecule has 1 heterocycles. The lowest BCUT2D eigenvalue weighted by Gasteiger charge is -2.19. The highest BCUT2D eigenvalue weighted by Crippen LogP contribution is 2.35. The van der Waals surface area contributed by atoms with Crippen LogP contribution in [0.5, 0.6) is 0 Å². The quantitative estimate of drug-likeness (QED) is 0.924. The Morgan fingerprint density at radius 2 is 1.95 bits per heavy atom. The molecule has 2 rings (SSSR count). The van der Waals surface area contributed by atoms with E-state index in [1.807, 2.05) is 0 Å². The molecule has 1 aliphatic rings. The van der Waals surface area contributed by atoms with Gasteiger partial charge in [0.1, 0.15) is 0 Å². The minimum Gasteiger partial charge on any atom is -0.316 e. The molecule has 0 bridgehead atoms. The number of nitrogens with one attached hydrogen (secondary N) is 1. The number of nitrogens with zero attached hydrogens (tertiary/aromatic N) is 1. The maximum Gasteiger partial charge on any atom is 0.417 e. The Morgan fingerprint density at radius 1 is 1.30 bits per heavy atom. The Morgan fingerprint density at radius 3 is 2.50 bits per heavy atom. The molecule has 0 amide bonds. The van der Waals surface area contributed by atoms with Gasteiger partial charge in [-0.25, -0.2) is 8.42 Å². The number of halogens is 3. The van der Waals surface area contributed by atoms with Crippen LogP contribution in [0.3, 0.4) is 0 Å². The van der Waals surface area contributed by atoms with Crippen LogP contribution >= 0.6 is 0 Å². The van der Waals surface area contributed by atoms with Gasteiger partial charge in [0, 0.05) is 19.1 Å². The van der Waals surface area contributed by atoms with Crippen LogP contribution in [-0.2, 0) is 16.2 Å². The molecule has 0 saturated carbocycles. The maximum atomic E-state index is 12.9. The van der Waals surface area contributed by atoms with Crippen molar-refractivity contribution in [3.63, 3.8) is 0 Å². The normalized spacial score (nSPS) is 21.3. The predicted octanol–water partition coefficient (Wildman–Crippen LogP) is 1.69. The summed E-state index contributed by atoms with van der Waals surface area (Å²) < 4.78 is 64.6. The van der Waals surface area contributed by atoms with E-state index < -0.39 is 26.7 Å². The standard InChI is InChI=1S/C12H15F3N2O2S/c1-16-9-6-7-17(8-9)20(18,19)11-5-3-2-4-10(11)12(13,14)15/h2-5,9,16H,6-8H2,1H3. The number of benzene rings is 1. The number of hydrogen-bond donors (Lipinski definition) is 1. The minimum atomic E-state index is -4.69. The predicted molar refractivity (Wildman–Crippen MR) is 67.7 cm³/mol. The van der Waals surface area contributed by atoms with Crippen LogP contribution in [-0.4, -0.2) is 38.9 Å². The Kier molecular flexibility index (Phi) is 4.08. The lowest BCUT2D eigenvalue weighted by molar-refractivity contribution is -0.139. The molecule has 1 N–H and O–H groups in total. The first kappa shape index (κ1) is 15.3. The van der Waals surface area contributed by atoms with Gasteiger partial charge in [-0.3, -0.25) is 0 Å². The zero-order chi connectivity index (χ0) is 15.0. The first-order valence-electron chi connectivity index (χ1n) is 6.10. The molecule has 8 heteroatoms. The first-order valence-corrected chi connectivity index (χ1v) is 7.54. The van der Waals surface area contributed by atoms with Gasteiger partial charge in [-0.2, -0.15) is 17.5 Å². The third-order valence-electron chi connectivity index (χ3n) is 3.37. The van der Waals surface area contributed by atoms with Crippen LogP contribution in [0.25, 0.3) is 0 Å². The van der Waals surface area contributed by atoms with Crippen LogP contribution in [0.15, 0.2) is 29.2 Å². The van der Waals surface area contributed by atoms with Crippen molar-refractivity contribution in [3.8, 4) is 0 Å². The number of sulfonamides is 1. The Bertz CT molecular complexity index is 587. The monoisotopic (exact) mass is 308 g/mol.